The number of halogens is 2. The Labute approximate surface area is 129 Å². The lowest BCUT2D eigenvalue weighted by molar-refractivity contribution is -0.137. The number of aliphatic carboxylic acids is 1. The second-order valence-corrected chi connectivity index (χ2v) is 5.69. The first-order valence-corrected chi connectivity index (χ1v) is 7.39. The van der Waals surface area contributed by atoms with Crippen molar-refractivity contribution in [3.63, 3.8) is 0 Å². The third-order valence-corrected chi connectivity index (χ3v) is 3.82. The Morgan fingerprint density at radius 2 is 2.10 bits per heavy atom. The summed E-state index contributed by atoms with van der Waals surface area (Å²) in [4.78, 5) is 22.2. The van der Waals surface area contributed by atoms with Gasteiger partial charge in [0.25, 0.3) is 0 Å². The Kier molecular flexibility index (Phi) is 5.17. The van der Waals surface area contributed by atoms with Crippen LogP contribution in [0.2, 0.25) is 0 Å². The molecule has 1 amide bonds. The highest BCUT2D eigenvalue weighted by atomic mass is 79.9. The van der Waals surface area contributed by atoms with Gasteiger partial charge in [0.2, 0.25) is 5.91 Å². The van der Waals surface area contributed by atoms with Gasteiger partial charge in [-0.2, -0.15) is 0 Å². The lowest BCUT2D eigenvalue weighted by Crippen LogP contribution is -2.29. The maximum Gasteiger partial charge on any atom is 0.303 e. The number of nitrogens with one attached hydrogen (secondary N) is 1. The molecule has 0 radical (unpaired) electrons. The summed E-state index contributed by atoms with van der Waals surface area (Å²) in [5, 5.41) is 11.3. The predicted molar refractivity (Wildman–Crippen MR) is 76.6 cm³/mol. The smallest absolute Gasteiger partial charge is 0.303 e. The van der Waals surface area contributed by atoms with E-state index in [-0.39, 0.29) is 31.4 Å². The molecule has 0 saturated heterocycles. The first-order chi connectivity index (χ1) is 9.97. The second kappa shape index (κ2) is 6.89. The van der Waals surface area contributed by atoms with E-state index in [9.17, 15) is 14.0 Å². The summed E-state index contributed by atoms with van der Waals surface area (Å²) in [6.07, 6.45) is 1.32. The largest absolute Gasteiger partial charge is 0.491 e. The van der Waals surface area contributed by atoms with Gasteiger partial charge in [-0.3, -0.25) is 9.59 Å². The Hall–Kier alpha value is -1.63. The van der Waals surface area contributed by atoms with Crippen LogP contribution in [0.1, 0.15) is 37.3 Å². The number of benzene rings is 1. The number of carboxylic acids is 1. The summed E-state index contributed by atoms with van der Waals surface area (Å²) in [7, 11) is 0. The monoisotopic (exact) mass is 359 g/mol. The van der Waals surface area contributed by atoms with Gasteiger partial charge < -0.3 is 15.2 Å². The van der Waals surface area contributed by atoms with Gasteiger partial charge in [-0.25, -0.2) is 4.39 Å². The van der Waals surface area contributed by atoms with Crippen molar-refractivity contribution in [2.75, 3.05) is 6.61 Å². The topological polar surface area (TPSA) is 75.6 Å². The van der Waals surface area contributed by atoms with Crippen LogP contribution in [0.25, 0.3) is 0 Å². The van der Waals surface area contributed by atoms with E-state index >= 15 is 0 Å². The van der Waals surface area contributed by atoms with Gasteiger partial charge in [-0.15, -0.1) is 0 Å². The molecular formula is C14H15BrFNO4. The van der Waals surface area contributed by atoms with Crippen LogP contribution in [0.4, 0.5) is 4.39 Å². The van der Waals surface area contributed by atoms with Crippen LogP contribution < -0.4 is 10.1 Å². The van der Waals surface area contributed by atoms with Gasteiger partial charge in [0.15, 0.2) is 0 Å². The first-order valence-electron chi connectivity index (χ1n) is 6.60. The van der Waals surface area contributed by atoms with Crippen molar-refractivity contribution in [2.24, 2.45) is 0 Å². The summed E-state index contributed by atoms with van der Waals surface area (Å²) in [6, 6.07) is 2.59. The molecule has 1 unspecified atom stereocenters. The zero-order valence-corrected chi connectivity index (χ0v) is 12.8. The predicted octanol–water partition coefficient (Wildman–Crippen LogP) is 2.78. The van der Waals surface area contributed by atoms with Crippen molar-refractivity contribution < 1.29 is 23.8 Å². The van der Waals surface area contributed by atoms with Crippen LogP contribution in [0, 0.1) is 5.82 Å². The maximum atomic E-state index is 13.4. The van der Waals surface area contributed by atoms with Crippen LogP contribution in [-0.4, -0.2) is 23.6 Å². The zero-order valence-electron chi connectivity index (χ0n) is 11.2. The van der Waals surface area contributed by atoms with Gasteiger partial charge in [0.05, 0.1) is 10.5 Å². The fourth-order valence-corrected chi connectivity index (χ4v) is 2.51. The highest BCUT2D eigenvalue weighted by molar-refractivity contribution is 9.10. The number of carbonyl (C=O) groups excluding carboxylic acids is 1. The Balaban J connectivity index is 1.87. The number of hydrogen-bond acceptors (Lipinski definition) is 3. The summed E-state index contributed by atoms with van der Waals surface area (Å²) >= 11 is 3.11. The van der Waals surface area contributed by atoms with Crippen molar-refractivity contribution in [2.45, 2.75) is 31.7 Å². The number of carbonyl (C=O) groups is 2. The van der Waals surface area contributed by atoms with Crippen molar-refractivity contribution in [1.29, 1.82) is 0 Å². The molecule has 0 aromatic heterocycles. The van der Waals surface area contributed by atoms with Crippen LogP contribution in [0.5, 0.6) is 5.75 Å². The lowest BCUT2D eigenvalue weighted by Gasteiger charge is -2.12. The molecule has 1 aliphatic heterocycles. The van der Waals surface area contributed by atoms with E-state index in [0.717, 1.165) is 5.56 Å². The minimum absolute atomic E-state index is 0.0644. The van der Waals surface area contributed by atoms with E-state index in [1.165, 1.54) is 6.07 Å². The van der Waals surface area contributed by atoms with Gasteiger partial charge in [-0.1, -0.05) is 0 Å². The minimum Gasteiger partial charge on any atom is -0.491 e. The molecule has 1 aromatic rings. The lowest BCUT2D eigenvalue weighted by atomic mass is 10.1. The summed E-state index contributed by atoms with van der Waals surface area (Å²) < 4.78 is 19.1. The number of amides is 1. The second-order valence-electron chi connectivity index (χ2n) is 4.84. The third kappa shape index (κ3) is 4.17. The van der Waals surface area contributed by atoms with Gasteiger partial charge >= 0.3 is 5.97 Å². The van der Waals surface area contributed by atoms with Crippen LogP contribution in [-0.2, 0) is 9.59 Å². The average molecular weight is 360 g/mol. The molecule has 2 N–H and O–H groups in total. The van der Waals surface area contributed by atoms with Crippen LogP contribution >= 0.6 is 15.9 Å². The molecule has 1 aliphatic rings. The first kappa shape index (κ1) is 15.8. The zero-order chi connectivity index (χ0) is 15.4. The molecule has 0 saturated carbocycles. The number of fused-ring (bicyclic) bond motifs is 1. The van der Waals surface area contributed by atoms with E-state index in [4.69, 9.17) is 9.84 Å². The molecule has 5 nitrogen and oxygen atoms in total. The molecule has 2 rings (SSSR count). The quantitative estimate of drug-likeness (QED) is 0.765. The Bertz CT molecular complexity index is 564. The minimum atomic E-state index is -0.861. The van der Waals surface area contributed by atoms with Crippen molar-refractivity contribution >= 4 is 27.8 Å². The summed E-state index contributed by atoms with van der Waals surface area (Å²) in [5.41, 5.74) is 0.738. The Morgan fingerprint density at radius 1 is 1.38 bits per heavy atom. The molecular weight excluding hydrogens is 345 g/mol. The van der Waals surface area contributed by atoms with E-state index < -0.39 is 11.8 Å². The molecule has 1 atom stereocenters. The molecule has 1 aromatic carbocycles. The van der Waals surface area contributed by atoms with Crippen molar-refractivity contribution in [3.05, 3.63) is 28.0 Å². The van der Waals surface area contributed by atoms with Crippen LogP contribution in [0.15, 0.2) is 16.6 Å². The van der Waals surface area contributed by atoms with Gasteiger partial charge in [0.1, 0.15) is 18.2 Å². The summed E-state index contributed by atoms with van der Waals surface area (Å²) in [6.45, 7) is 0.270. The summed E-state index contributed by atoms with van der Waals surface area (Å²) in [5.74, 6) is -0.996. The third-order valence-electron chi connectivity index (χ3n) is 3.21. The molecule has 0 bridgehead atoms. The SMILES string of the molecule is O=C(O)CCCCC(=O)NC1COc2cc(F)c(Br)cc21. The highest BCUT2D eigenvalue weighted by Gasteiger charge is 2.27. The maximum absolute atomic E-state index is 13.4. The van der Waals surface area contributed by atoms with Gasteiger partial charge in [0, 0.05) is 24.5 Å². The number of hydrogen-bond donors (Lipinski definition) is 2. The molecule has 0 fully saturated rings. The number of carboxylic acid groups (broad SMARTS) is 1. The van der Waals surface area contributed by atoms with E-state index in [2.05, 4.69) is 21.2 Å². The van der Waals surface area contributed by atoms with E-state index in [1.807, 2.05) is 0 Å². The molecule has 7 heteroatoms. The van der Waals surface area contributed by atoms with Crippen molar-refractivity contribution in [3.8, 4) is 5.75 Å². The van der Waals surface area contributed by atoms with Crippen molar-refractivity contribution in [1.82, 2.24) is 5.32 Å². The number of ether oxygens (including phenoxy) is 1. The molecule has 114 valence electrons. The fourth-order valence-electron chi connectivity index (χ4n) is 2.15. The highest BCUT2D eigenvalue weighted by Crippen LogP contribution is 2.36. The number of rotatable bonds is 6. The molecule has 21 heavy (non-hydrogen) atoms. The van der Waals surface area contributed by atoms with Crippen LogP contribution in [0.3, 0.4) is 0 Å². The fraction of sp³-hybridized carbons (Fsp3) is 0.429. The van der Waals surface area contributed by atoms with E-state index in [0.29, 0.717) is 23.1 Å². The van der Waals surface area contributed by atoms with Gasteiger partial charge in [-0.05, 0) is 34.8 Å². The molecule has 0 spiro atoms. The Morgan fingerprint density at radius 3 is 2.81 bits per heavy atom. The average Bonchev–Trinajstić information content (AvgIpc) is 2.78. The normalized spacial score (nSPS) is 16.2. The number of unbranched alkanes of at least 4 members (excludes halogenated alkanes) is 1. The molecule has 1 heterocycles. The standard InChI is InChI=1S/C14H15BrFNO4/c15-9-5-8-11(7-21-12(8)6-10(9)16)17-13(18)3-1-2-4-14(19)20/h5-6,11H,1-4,7H2,(H,17,18)(H,19,20). The molecule has 0 aliphatic carbocycles. The van der Waals surface area contributed by atoms with E-state index in [1.54, 1.807) is 6.07 Å².